The van der Waals surface area contributed by atoms with E-state index in [2.05, 4.69) is 82.6 Å². The van der Waals surface area contributed by atoms with Crippen LogP contribution in [0.25, 0.3) is 0 Å². The maximum absolute atomic E-state index is 4.82. The molecular formula is C25H38IN7. The summed E-state index contributed by atoms with van der Waals surface area (Å²) in [4.78, 5) is 16.7. The maximum atomic E-state index is 4.82. The second-order valence-electron chi connectivity index (χ2n) is 8.92. The Hall–Kier alpha value is -2.07. The van der Waals surface area contributed by atoms with E-state index < -0.39 is 0 Å². The van der Waals surface area contributed by atoms with Crippen molar-refractivity contribution in [3.05, 3.63) is 53.7 Å². The molecule has 180 valence electrons. The molecule has 1 aromatic carbocycles. The zero-order valence-corrected chi connectivity index (χ0v) is 22.5. The largest absolute Gasteiger partial charge is 0.369 e. The van der Waals surface area contributed by atoms with Gasteiger partial charge in [0.25, 0.3) is 0 Å². The smallest absolute Gasteiger partial charge is 0.191 e. The fourth-order valence-corrected chi connectivity index (χ4v) is 4.28. The van der Waals surface area contributed by atoms with E-state index >= 15 is 0 Å². The molecule has 0 bridgehead atoms. The minimum Gasteiger partial charge on any atom is -0.369 e. The van der Waals surface area contributed by atoms with Gasteiger partial charge in [-0.25, -0.2) is 9.98 Å². The Bertz CT molecular complexity index is 877. The quantitative estimate of drug-likeness (QED) is 0.320. The monoisotopic (exact) mass is 563 g/mol. The number of benzene rings is 1. The second-order valence-corrected chi connectivity index (χ2v) is 8.92. The Morgan fingerprint density at radius 2 is 1.79 bits per heavy atom. The first kappa shape index (κ1) is 25.6. The van der Waals surface area contributed by atoms with Crippen molar-refractivity contribution < 1.29 is 0 Å². The van der Waals surface area contributed by atoms with E-state index in [1.807, 2.05) is 6.20 Å². The third-order valence-electron chi connectivity index (χ3n) is 6.33. The third kappa shape index (κ3) is 7.20. The Labute approximate surface area is 215 Å². The van der Waals surface area contributed by atoms with Crippen LogP contribution in [0.4, 0.5) is 11.5 Å². The molecule has 2 saturated heterocycles. The summed E-state index contributed by atoms with van der Waals surface area (Å²) in [5.74, 6) is 1.95. The van der Waals surface area contributed by atoms with Crippen molar-refractivity contribution in [3.8, 4) is 0 Å². The van der Waals surface area contributed by atoms with Crippen LogP contribution in [0, 0.1) is 6.92 Å². The molecule has 0 spiro atoms. The molecule has 1 aromatic heterocycles. The second kappa shape index (κ2) is 12.4. The number of hydrogen-bond donors (Lipinski definition) is 2. The fraction of sp³-hybridized carbons (Fsp3) is 0.520. The number of aromatic nitrogens is 1. The average Bonchev–Trinajstić information content (AvgIpc) is 3.27. The number of guanidine groups is 1. The third-order valence-corrected chi connectivity index (χ3v) is 6.33. The van der Waals surface area contributed by atoms with Gasteiger partial charge in [0, 0.05) is 63.7 Å². The van der Waals surface area contributed by atoms with Crippen LogP contribution >= 0.6 is 24.0 Å². The summed E-state index contributed by atoms with van der Waals surface area (Å²) in [7, 11) is 2.17. The Morgan fingerprint density at radius 1 is 1.03 bits per heavy atom. The molecule has 0 aliphatic carbocycles. The predicted octanol–water partition coefficient (Wildman–Crippen LogP) is 3.09. The molecular weight excluding hydrogens is 525 g/mol. The Morgan fingerprint density at radius 3 is 2.45 bits per heavy atom. The Balaban J connectivity index is 0.00000306. The number of nitrogens with one attached hydrogen (secondary N) is 2. The van der Waals surface area contributed by atoms with E-state index in [-0.39, 0.29) is 24.0 Å². The van der Waals surface area contributed by atoms with Crippen molar-refractivity contribution in [1.82, 2.24) is 20.5 Å². The van der Waals surface area contributed by atoms with Gasteiger partial charge in [0.1, 0.15) is 5.82 Å². The highest BCUT2D eigenvalue weighted by Gasteiger charge is 2.23. The number of rotatable bonds is 6. The minimum absolute atomic E-state index is 0. The molecule has 1 unspecified atom stereocenters. The number of piperazine rings is 1. The summed E-state index contributed by atoms with van der Waals surface area (Å²) in [5, 5.41) is 7.03. The number of halogens is 1. The maximum Gasteiger partial charge on any atom is 0.191 e. The van der Waals surface area contributed by atoms with Crippen molar-refractivity contribution in [3.63, 3.8) is 0 Å². The van der Waals surface area contributed by atoms with E-state index in [0.29, 0.717) is 12.6 Å². The molecule has 4 rings (SSSR count). The van der Waals surface area contributed by atoms with Crippen LogP contribution in [0.5, 0.6) is 0 Å². The van der Waals surface area contributed by atoms with Gasteiger partial charge in [-0.3, -0.25) is 0 Å². The van der Waals surface area contributed by atoms with Gasteiger partial charge in [-0.05, 0) is 51.1 Å². The SMILES string of the molecule is CCNC(=NCc1ccc(N2CCN(C)CC2)nc1)NC1CCN(c2ccc(C)cc2)C1.I. The minimum atomic E-state index is 0. The van der Waals surface area contributed by atoms with Crippen LogP contribution in [0.2, 0.25) is 0 Å². The summed E-state index contributed by atoms with van der Waals surface area (Å²) < 4.78 is 0. The zero-order valence-electron chi connectivity index (χ0n) is 20.1. The standard InChI is InChI=1S/C25H37N7.HI/c1-4-26-25(29-22-11-12-32(19-22)23-8-5-20(2)6-9-23)28-18-21-7-10-24(27-17-21)31-15-13-30(3)14-16-31;/h5-10,17,22H,4,11-16,18-19H2,1-3H3,(H2,26,28,29);1H. The summed E-state index contributed by atoms with van der Waals surface area (Å²) in [5.41, 5.74) is 3.73. The van der Waals surface area contributed by atoms with Crippen LogP contribution in [-0.2, 0) is 6.54 Å². The molecule has 0 radical (unpaired) electrons. The van der Waals surface area contributed by atoms with Gasteiger partial charge in [0.15, 0.2) is 5.96 Å². The van der Waals surface area contributed by atoms with E-state index in [4.69, 9.17) is 9.98 Å². The van der Waals surface area contributed by atoms with Gasteiger partial charge in [-0.1, -0.05) is 23.8 Å². The van der Waals surface area contributed by atoms with Crippen molar-refractivity contribution in [1.29, 1.82) is 0 Å². The van der Waals surface area contributed by atoms with Gasteiger partial charge in [0.05, 0.1) is 6.54 Å². The first-order valence-electron chi connectivity index (χ1n) is 11.9. The van der Waals surface area contributed by atoms with E-state index in [1.165, 1.54) is 11.3 Å². The normalized spacial score (nSPS) is 19.4. The van der Waals surface area contributed by atoms with Crippen molar-refractivity contribution in [2.45, 2.75) is 32.9 Å². The van der Waals surface area contributed by atoms with E-state index in [0.717, 1.165) is 69.6 Å². The lowest BCUT2D eigenvalue weighted by molar-refractivity contribution is 0.312. The molecule has 2 aromatic rings. The number of aliphatic imine (C=N–C) groups is 1. The summed E-state index contributed by atoms with van der Waals surface area (Å²) in [6.45, 7) is 12.0. The van der Waals surface area contributed by atoms with Gasteiger partial charge < -0.3 is 25.3 Å². The average molecular weight is 564 g/mol. The van der Waals surface area contributed by atoms with Gasteiger partial charge in [-0.2, -0.15) is 0 Å². The molecule has 7 nitrogen and oxygen atoms in total. The highest BCUT2D eigenvalue weighted by molar-refractivity contribution is 14.0. The van der Waals surface area contributed by atoms with Crippen LogP contribution in [0.15, 0.2) is 47.6 Å². The zero-order chi connectivity index (χ0) is 22.3. The number of aryl methyl sites for hydroxylation is 1. The van der Waals surface area contributed by atoms with Crippen LogP contribution in [-0.4, -0.2) is 74.7 Å². The fourth-order valence-electron chi connectivity index (χ4n) is 4.28. The first-order chi connectivity index (χ1) is 15.6. The number of nitrogens with zero attached hydrogens (tertiary/aromatic N) is 5. The predicted molar refractivity (Wildman–Crippen MR) is 149 cm³/mol. The lowest BCUT2D eigenvalue weighted by atomic mass is 10.2. The number of likely N-dealkylation sites (N-methyl/N-ethyl adjacent to an activating group) is 1. The molecule has 0 amide bonds. The molecule has 2 aliphatic rings. The molecule has 33 heavy (non-hydrogen) atoms. The molecule has 2 fully saturated rings. The summed E-state index contributed by atoms with van der Waals surface area (Å²) >= 11 is 0. The molecule has 2 aliphatic heterocycles. The lowest BCUT2D eigenvalue weighted by Crippen LogP contribution is -2.44. The number of anilines is 2. The highest BCUT2D eigenvalue weighted by Crippen LogP contribution is 2.21. The van der Waals surface area contributed by atoms with E-state index in [9.17, 15) is 0 Å². The lowest BCUT2D eigenvalue weighted by Gasteiger charge is -2.33. The van der Waals surface area contributed by atoms with Gasteiger partial charge >= 0.3 is 0 Å². The molecule has 2 N–H and O–H groups in total. The van der Waals surface area contributed by atoms with Gasteiger partial charge in [-0.15, -0.1) is 24.0 Å². The summed E-state index contributed by atoms with van der Waals surface area (Å²) in [6, 6.07) is 13.5. The van der Waals surface area contributed by atoms with Crippen LogP contribution in [0.1, 0.15) is 24.5 Å². The summed E-state index contributed by atoms with van der Waals surface area (Å²) in [6.07, 6.45) is 3.08. The first-order valence-corrected chi connectivity index (χ1v) is 11.9. The molecule has 0 saturated carbocycles. The number of pyridine rings is 1. The molecule has 1 atom stereocenters. The van der Waals surface area contributed by atoms with E-state index in [1.54, 1.807) is 0 Å². The Kier molecular flexibility index (Phi) is 9.61. The van der Waals surface area contributed by atoms with Crippen molar-refractivity contribution in [2.75, 3.05) is 62.7 Å². The van der Waals surface area contributed by atoms with Gasteiger partial charge in [0.2, 0.25) is 0 Å². The van der Waals surface area contributed by atoms with Crippen molar-refractivity contribution >= 4 is 41.4 Å². The van der Waals surface area contributed by atoms with Crippen LogP contribution in [0.3, 0.4) is 0 Å². The topological polar surface area (TPSA) is 59.0 Å². The molecule has 3 heterocycles. The van der Waals surface area contributed by atoms with Crippen molar-refractivity contribution in [2.24, 2.45) is 4.99 Å². The highest BCUT2D eigenvalue weighted by atomic mass is 127. The number of hydrogen-bond acceptors (Lipinski definition) is 5. The van der Waals surface area contributed by atoms with Crippen LogP contribution < -0.4 is 20.4 Å². The molecule has 8 heteroatoms.